The summed E-state index contributed by atoms with van der Waals surface area (Å²) in [4.78, 5) is 46.6. The summed E-state index contributed by atoms with van der Waals surface area (Å²) in [5, 5.41) is 2.49. The van der Waals surface area contributed by atoms with Gasteiger partial charge in [-0.1, -0.05) is 0 Å². The van der Waals surface area contributed by atoms with Crippen LogP contribution < -0.4 is 10.1 Å². The molecule has 0 aromatic carbocycles. The summed E-state index contributed by atoms with van der Waals surface area (Å²) in [5.41, 5.74) is 0.672. The van der Waals surface area contributed by atoms with E-state index in [2.05, 4.69) is 20.3 Å². The highest BCUT2D eigenvalue weighted by atomic mass is 16.7. The lowest BCUT2D eigenvalue weighted by Crippen LogP contribution is -2.30. The van der Waals surface area contributed by atoms with E-state index in [9.17, 15) is 14.4 Å². The number of carbonyl (C=O) groups excluding carboxylic acids is 3. The van der Waals surface area contributed by atoms with Crippen LogP contribution in [-0.2, 0) is 28.6 Å². The Balaban J connectivity index is 1.97. The Morgan fingerprint density at radius 3 is 2.50 bits per heavy atom. The largest absolute Gasteiger partial charge is 0.479 e. The van der Waals surface area contributed by atoms with E-state index >= 15 is 0 Å². The molecule has 1 fully saturated rings. The number of amides is 1. The molecule has 1 N–H and O–H groups in total. The Hall–Kier alpha value is -3.28. The van der Waals surface area contributed by atoms with Crippen LogP contribution in [0.3, 0.4) is 0 Å². The fourth-order valence-corrected chi connectivity index (χ4v) is 2.83. The zero-order valence-electron chi connectivity index (χ0n) is 15.7. The van der Waals surface area contributed by atoms with Crippen molar-refractivity contribution in [2.24, 2.45) is 0 Å². The molecule has 2 aromatic heterocycles. The van der Waals surface area contributed by atoms with Gasteiger partial charge in [0.05, 0.1) is 13.4 Å². The average Bonchev–Trinajstić information content (AvgIpc) is 3.16. The van der Waals surface area contributed by atoms with Crippen LogP contribution in [0.1, 0.15) is 33.4 Å². The molecule has 1 saturated heterocycles. The van der Waals surface area contributed by atoms with Crippen molar-refractivity contribution in [3.8, 4) is 5.88 Å². The molecule has 3 heterocycles. The van der Waals surface area contributed by atoms with Gasteiger partial charge in [0.15, 0.2) is 17.3 Å². The fraction of sp³-hybridized carbons (Fsp3) is 0.500. The molecule has 0 unspecified atom stereocenters. The maximum atomic E-state index is 11.4. The van der Waals surface area contributed by atoms with Gasteiger partial charge in [-0.2, -0.15) is 9.97 Å². The third-order valence-electron chi connectivity index (χ3n) is 3.81. The Labute approximate surface area is 159 Å². The van der Waals surface area contributed by atoms with Gasteiger partial charge in [0.2, 0.25) is 24.0 Å². The number of anilines is 1. The molecule has 12 nitrogen and oxygen atoms in total. The highest BCUT2D eigenvalue weighted by molar-refractivity contribution is 5.88. The molecule has 0 aliphatic carbocycles. The lowest BCUT2D eigenvalue weighted by Gasteiger charge is -2.17. The summed E-state index contributed by atoms with van der Waals surface area (Å²) in [6, 6.07) is 0. The summed E-state index contributed by atoms with van der Waals surface area (Å²) in [6.07, 6.45) is -0.899. The van der Waals surface area contributed by atoms with Crippen LogP contribution in [0.2, 0.25) is 0 Å². The highest BCUT2D eigenvalue weighted by Crippen LogP contribution is 2.34. The quantitative estimate of drug-likeness (QED) is 0.714. The van der Waals surface area contributed by atoms with E-state index in [1.807, 2.05) is 0 Å². The molecule has 0 radical (unpaired) electrons. The van der Waals surface area contributed by atoms with Crippen LogP contribution in [0.15, 0.2) is 6.33 Å². The Kier molecular flexibility index (Phi) is 5.40. The Morgan fingerprint density at radius 1 is 1.18 bits per heavy atom. The minimum atomic E-state index is -1.07. The van der Waals surface area contributed by atoms with Crippen LogP contribution in [0.25, 0.3) is 11.2 Å². The minimum Gasteiger partial charge on any atom is -0.479 e. The van der Waals surface area contributed by atoms with Gasteiger partial charge >= 0.3 is 11.9 Å². The molecule has 0 spiro atoms. The van der Waals surface area contributed by atoms with Gasteiger partial charge in [0, 0.05) is 27.2 Å². The van der Waals surface area contributed by atoms with E-state index in [4.69, 9.17) is 18.9 Å². The second kappa shape index (κ2) is 7.76. The second-order valence-electron chi connectivity index (χ2n) is 6.01. The summed E-state index contributed by atoms with van der Waals surface area (Å²) in [5.74, 6) is -1.26. The third-order valence-corrected chi connectivity index (χ3v) is 3.81. The maximum absolute atomic E-state index is 11.4. The maximum Gasteiger partial charge on any atom is 0.305 e. The first-order chi connectivity index (χ1) is 13.3. The number of imidazole rings is 1. The standard InChI is InChI=1S/C16H19N5O7/c1-7(22)18-16-19-13-12(14(20-16)25-4)17-6-21(13)11-5-10(26-8(2)23)15(28-11)27-9(3)24/h6,10-11,15H,5H2,1-4H3,(H,18,19,20,22)/t10-,11+,15-/m0/s1. The van der Waals surface area contributed by atoms with E-state index in [0.29, 0.717) is 11.2 Å². The number of nitrogens with zero attached hydrogens (tertiary/aromatic N) is 4. The van der Waals surface area contributed by atoms with Gasteiger partial charge in [0.25, 0.3) is 0 Å². The van der Waals surface area contributed by atoms with Gasteiger partial charge in [-0.3, -0.25) is 24.3 Å². The molecule has 2 aromatic rings. The van der Waals surface area contributed by atoms with Crippen molar-refractivity contribution in [2.45, 2.75) is 45.8 Å². The number of methoxy groups -OCH3 is 1. The van der Waals surface area contributed by atoms with E-state index in [0.717, 1.165) is 0 Å². The van der Waals surface area contributed by atoms with Crippen molar-refractivity contribution >= 4 is 35.0 Å². The number of esters is 2. The van der Waals surface area contributed by atoms with E-state index < -0.39 is 30.6 Å². The van der Waals surface area contributed by atoms with Gasteiger partial charge in [-0.15, -0.1) is 0 Å². The van der Waals surface area contributed by atoms with Gasteiger partial charge in [-0.25, -0.2) is 4.98 Å². The highest BCUT2D eigenvalue weighted by Gasteiger charge is 2.41. The molecule has 28 heavy (non-hydrogen) atoms. The molecule has 1 aliphatic rings. The molecule has 12 heteroatoms. The fourth-order valence-electron chi connectivity index (χ4n) is 2.83. The lowest BCUT2D eigenvalue weighted by molar-refractivity contribution is -0.198. The summed E-state index contributed by atoms with van der Waals surface area (Å²) in [7, 11) is 1.41. The number of carbonyl (C=O) groups is 3. The topological polar surface area (TPSA) is 144 Å². The molecule has 0 bridgehead atoms. The molecule has 150 valence electrons. The number of hydrogen-bond acceptors (Lipinski definition) is 10. The predicted octanol–water partition coefficient (Wildman–Crippen LogP) is 0.533. The number of fused-ring (bicyclic) bond motifs is 1. The molecule has 1 aliphatic heterocycles. The second-order valence-corrected chi connectivity index (χ2v) is 6.01. The molecule has 1 amide bonds. The Bertz CT molecular complexity index is 903. The molecular weight excluding hydrogens is 374 g/mol. The average molecular weight is 393 g/mol. The van der Waals surface area contributed by atoms with Crippen molar-refractivity contribution in [3.63, 3.8) is 0 Å². The first-order valence-electron chi connectivity index (χ1n) is 8.34. The van der Waals surface area contributed by atoms with Gasteiger partial charge in [-0.05, 0) is 0 Å². The zero-order valence-corrected chi connectivity index (χ0v) is 15.7. The Morgan fingerprint density at radius 2 is 1.89 bits per heavy atom. The summed E-state index contributed by atoms with van der Waals surface area (Å²) in [6.45, 7) is 3.80. The smallest absolute Gasteiger partial charge is 0.305 e. The number of rotatable bonds is 5. The number of hydrogen-bond donors (Lipinski definition) is 1. The normalized spacial score (nSPS) is 21.4. The molecular formula is C16H19N5O7. The summed E-state index contributed by atoms with van der Waals surface area (Å²) < 4.78 is 22.8. The van der Waals surface area contributed by atoms with Crippen molar-refractivity contribution in [1.29, 1.82) is 0 Å². The van der Waals surface area contributed by atoms with Crippen LogP contribution in [0.5, 0.6) is 5.88 Å². The predicted molar refractivity (Wildman–Crippen MR) is 92.0 cm³/mol. The third kappa shape index (κ3) is 4.01. The van der Waals surface area contributed by atoms with Crippen LogP contribution in [0.4, 0.5) is 5.95 Å². The van der Waals surface area contributed by atoms with Crippen molar-refractivity contribution in [2.75, 3.05) is 12.4 Å². The molecule has 3 rings (SSSR count). The van der Waals surface area contributed by atoms with E-state index in [-0.39, 0.29) is 24.2 Å². The van der Waals surface area contributed by atoms with E-state index in [1.54, 1.807) is 4.57 Å². The number of aromatic nitrogens is 4. The van der Waals surface area contributed by atoms with Crippen molar-refractivity contribution in [3.05, 3.63) is 6.33 Å². The number of ether oxygens (including phenoxy) is 4. The molecule has 3 atom stereocenters. The van der Waals surface area contributed by atoms with Crippen LogP contribution in [0, 0.1) is 0 Å². The summed E-state index contributed by atoms with van der Waals surface area (Å²) >= 11 is 0. The van der Waals surface area contributed by atoms with Crippen LogP contribution in [-0.4, -0.2) is 56.9 Å². The first kappa shape index (κ1) is 19.5. The minimum absolute atomic E-state index is 0.0321. The first-order valence-corrected chi connectivity index (χ1v) is 8.34. The van der Waals surface area contributed by atoms with Crippen molar-refractivity contribution in [1.82, 2.24) is 19.5 Å². The monoisotopic (exact) mass is 393 g/mol. The lowest BCUT2D eigenvalue weighted by atomic mass is 10.2. The van der Waals surface area contributed by atoms with E-state index in [1.165, 1.54) is 34.2 Å². The van der Waals surface area contributed by atoms with Gasteiger partial charge in [0.1, 0.15) is 6.23 Å². The zero-order chi connectivity index (χ0) is 20.4. The van der Waals surface area contributed by atoms with Crippen molar-refractivity contribution < 1.29 is 33.3 Å². The SMILES string of the molecule is COc1nc(NC(C)=O)nc2c1ncn2[C@H]1C[C@H](OC(C)=O)[C@@H](OC(C)=O)O1. The number of nitrogens with one attached hydrogen (secondary N) is 1. The van der Waals surface area contributed by atoms with Gasteiger partial charge < -0.3 is 18.9 Å². The van der Waals surface area contributed by atoms with Crippen LogP contribution >= 0.6 is 0 Å². The molecule has 0 saturated carbocycles.